The van der Waals surface area contributed by atoms with Gasteiger partial charge in [0.2, 0.25) is 5.91 Å². The molecular weight excluding hydrogens is 216 g/mol. The minimum atomic E-state index is 0.204. The SMILES string of the molecule is Cc1nccn1CCCN(C)C(=O)C1CNC1. The highest BCUT2D eigenvalue weighted by atomic mass is 16.2. The van der Waals surface area contributed by atoms with Gasteiger partial charge in [-0.2, -0.15) is 0 Å². The summed E-state index contributed by atoms with van der Waals surface area (Å²) in [5.74, 6) is 1.50. The van der Waals surface area contributed by atoms with E-state index in [1.54, 1.807) is 0 Å². The van der Waals surface area contributed by atoms with Gasteiger partial charge in [-0.25, -0.2) is 4.98 Å². The molecule has 5 heteroatoms. The van der Waals surface area contributed by atoms with Gasteiger partial charge >= 0.3 is 0 Å². The van der Waals surface area contributed by atoms with Crippen LogP contribution in [0, 0.1) is 12.8 Å². The summed E-state index contributed by atoms with van der Waals surface area (Å²) in [6.45, 7) is 5.40. The van der Waals surface area contributed by atoms with E-state index in [0.29, 0.717) is 0 Å². The van der Waals surface area contributed by atoms with Crippen molar-refractivity contribution in [3.05, 3.63) is 18.2 Å². The summed E-state index contributed by atoms with van der Waals surface area (Å²) in [7, 11) is 1.89. The monoisotopic (exact) mass is 236 g/mol. The fraction of sp³-hybridized carbons (Fsp3) is 0.667. The van der Waals surface area contributed by atoms with Gasteiger partial charge in [0.05, 0.1) is 5.92 Å². The molecule has 0 spiro atoms. The number of aryl methyl sites for hydroxylation is 2. The smallest absolute Gasteiger partial charge is 0.227 e. The van der Waals surface area contributed by atoms with E-state index in [1.807, 2.05) is 31.3 Å². The van der Waals surface area contributed by atoms with Crippen LogP contribution in [-0.2, 0) is 11.3 Å². The van der Waals surface area contributed by atoms with Crippen molar-refractivity contribution in [1.82, 2.24) is 19.8 Å². The third-order valence-corrected chi connectivity index (χ3v) is 3.32. The summed E-state index contributed by atoms with van der Waals surface area (Å²) in [6.07, 6.45) is 4.76. The van der Waals surface area contributed by atoms with Crippen LogP contribution in [0.4, 0.5) is 0 Å². The molecule has 5 nitrogen and oxygen atoms in total. The number of carbonyl (C=O) groups is 1. The Morgan fingerprint density at radius 3 is 2.94 bits per heavy atom. The van der Waals surface area contributed by atoms with Gasteiger partial charge in [0.15, 0.2) is 0 Å². The van der Waals surface area contributed by atoms with Crippen LogP contribution in [0.5, 0.6) is 0 Å². The van der Waals surface area contributed by atoms with E-state index in [1.165, 1.54) is 0 Å². The van der Waals surface area contributed by atoms with Crippen LogP contribution in [0.3, 0.4) is 0 Å². The molecule has 2 heterocycles. The molecule has 0 aromatic carbocycles. The Morgan fingerprint density at radius 2 is 2.41 bits per heavy atom. The number of rotatable bonds is 5. The van der Waals surface area contributed by atoms with Crippen LogP contribution in [0.2, 0.25) is 0 Å². The van der Waals surface area contributed by atoms with E-state index >= 15 is 0 Å². The lowest BCUT2D eigenvalue weighted by atomic mass is 10.0. The van der Waals surface area contributed by atoms with Crippen LogP contribution in [0.1, 0.15) is 12.2 Å². The molecule has 94 valence electrons. The van der Waals surface area contributed by atoms with E-state index in [2.05, 4.69) is 14.9 Å². The second kappa shape index (κ2) is 5.31. The molecular formula is C12H20N4O. The Balaban J connectivity index is 1.71. The maximum atomic E-state index is 11.9. The first-order valence-electron chi connectivity index (χ1n) is 6.12. The summed E-state index contributed by atoms with van der Waals surface area (Å²) < 4.78 is 2.11. The Hall–Kier alpha value is -1.36. The molecule has 1 amide bonds. The largest absolute Gasteiger partial charge is 0.345 e. The number of aromatic nitrogens is 2. The van der Waals surface area contributed by atoms with E-state index in [0.717, 1.165) is 38.4 Å². The normalized spacial score (nSPS) is 15.6. The molecule has 1 aromatic heterocycles. The van der Waals surface area contributed by atoms with Gasteiger partial charge in [-0.15, -0.1) is 0 Å². The van der Waals surface area contributed by atoms with Crippen LogP contribution in [0.15, 0.2) is 12.4 Å². The van der Waals surface area contributed by atoms with Gasteiger partial charge in [0.1, 0.15) is 5.82 Å². The van der Waals surface area contributed by atoms with Crippen LogP contribution >= 0.6 is 0 Å². The first-order chi connectivity index (χ1) is 8.18. The molecule has 0 unspecified atom stereocenters. The van der Waals surface area contributed by atoms with E-state index in [9.17, 15) is 4.79 Å². The lowest BCUT2D eigenvalue weighted by Crippen LogP contribution is -2.51. The number of hydrogen-bond acceptors (Lipinski definition) is 3. The molecule has 0 atom stereocenters. The number of nitrogens with one attached hydrogen (secondary N) is 1. The standard InChI is InChI=1S/C12H20N4O/c1-10-14-4-7-16(10)6-3-5-15(2)12(17)11-8-13-9-11/h4,7,11,13H,3,5-6,8-9H2,1-2H3. The highest BCUT2D eigenvalue weighted by molar-refractivity contribution is 5.79. The molecule has 0 radical (unpaired) electrons. The second-order valence-electron chi connectivity index (χ2n) is 4.64. The molecule has 1 aliphatic heterocycles. The predicted octanol–water partition coefficient (Wildman–Crippen LogP) is 0.259. The lowest BCUT2D eigenvalue weighted by molar-refractivity contribution is -0.135. The van der Waals surface area contributed by atoms with Gasteiger partial charge in [0.25, 0.3) is 0 Å². The second-order valence-corrected chi connectivity index (χ2v) is 4.64. The summed E-state index contributed by atoms with van der Waals surface area (Å²) in [5, 5.41) is 3.12. The Bertz CT molecular complexity index is 384. The highest BCUT2D eigenvalue weighted by Crippen LogP contribution is 2.07. The molecule has 1 aromatic rings. The van der Waals surface area contributed by atoms with Gasteiger partial charge in [-0.05, 0) is 13.3 Å². The Kier molecular flexibility index (Phi) is 3.78. The van der Waals surface area contributed by atoms with Crippen LogP contribution in [0.25, 0.3) is 0 Å². The van der Waals surface area contributed by atoms with Gasteiger partial charge < -0.3 is 14.8 Å². The van der Waals surface area contributed by atoms with E-state index in [-0.39, 0.29) is 11.8 Å². The first kappa shape index (κ1) is 12.1. The van der Waals surface area contributed by atoms with Gasteiger partial charge in [-0.3, -0.25) is 4.79 Å². The average Bonchev–Trinajstić information content (AvgIpc) is 2.61. The molecule has 17 heavy (non-hydrogen) atoms. The summed E-state index contributed by atoms with van der Waals surface area (Å²) >= 11 is 0. The Labute approximate surface area is 102 Å². The molecule has 0 aliphatic carbocycles. The fourth-order valence-electron chi connectivity index (χ4n) is 2.00. The molecule has 1 N–H and O–H groups in total. The maximum Gasteiger partial charge on any atom is 0.227 e. The minimum absolute atomic E-state index is 0.204. The zero-order valence-corrected chi connectivity index (χ0v) is 10.5. The topological polar surface area (TPSA) is 50.2 Å². The third kappa shape index (κ3) is 2.85. The van der Waals surface area contributed by atoms with Crippen molar-refractivity contribution in [2.45, 2.75) is 19.9 Å². The van der Waals surface area contributed by atoms with Crippen molar-refractivity contribution in [3.8, 4) is 0 Å². The zero-order chi connectivity index (χ0) is 12.3. The number of imidazole rings is 1. The van der Waals surface area contributed by atoms with Gasteiger partial charge in [0, 0.05) is 45.6 Å². The average molecular weight is 236 g/mol. The molecule has 0 bridgehead atoms. The number of nitrogens with zero attached hydrogens (tertiary/aromatic N) is 3. The fourth-order valence-corrected chi connectivity index (χ4v) is 2.00. The molecule has 0 saturated carbocycles. The summed E-state index contributed by atoms with van der Waals surface area (Å²) in [4.78, 5) is 17.9. The zero-order valence-electron chi connectivity index (χ0n) is 10.5. The highest BCUT2D eigenvalue weighted by Gasteiger charge is 2.27. The van der Waals surface area contributed by atoms with E-state index < -0.39 is 0 Å². The van der Waals surface area contributed by atoms with Gasteiger partial charge in [-0.1, -0.05) is 0 Å². The van der Waals surface area contributed by atoms with Crippen molar-refractivity contribution >= 4 is 5.91 Å². The van der Waals surface area contributed by atoms with Crippen molar-refractivity contribution < 1.29 is 4.79 Å². The molecule has 2 rings (SSSR count). The number of carbonyl (C=O) groups excluding carboxylic acids is 1. The van der Waals surface area contributed by atoms with Crippen LogP contribution < -0.4 is 5.32 Å². The number of amides is 1. The third-order valence-electron chi connectivity index (χ3n) is 3.32. The number of hydrogen-bond donors (Lipinski definition) is 1. The Morgan fingerprint density at radius 1 is 1.65 bits per heavy atom. The van der Waals surface area contributed by atoms with Crippen molar-refractivity contribution in [3.63, 3.8) is 0 Å². The van der Waals surface area contributed by atoms with Crippen molar-refractivity contribution in [1.29, 1.82) is 0 Å². The van der Waals surface area contributed by atoms with Crippen LogP contribution in [-0.4, -0.2) is 47.0 Å². The molecule has 1 fully saturated rings. The lowest BCUT2D eigenvalue weighted by Gasteiger charge is -2.30. The maximum absolute atomic E-state index is 11.9. The summed E-state index contributed by atoms with van der Waals surface area (Å²) in [5.41, 5.74) is 0. The van der Waals surface area contributed by atoms with Crippen molar-refractivity contribution in [2.24, 2.45) is 5.92 Å². The predicted molar refractivity (Wildman–Crippen MR) is 65.6 cm³/mol. The van der Waals surface area contributed by atoms with E-state index in [4.69, 9.17) is 0 Å². The summed E-state index contributed by atoms with van der Waals surface area (Å²) in [6, 6.07) is 0. The first-order valence-corrected chi connectivity index (χ1v) is 6.12. The van der Waals surface area contributed by atoms with Crippen molar-refractivity contribution in [2.75, 3.05) is 26.7 Å². The molecule has 1 aliphatic rings. The molecule has 1 saturated heterocycles. The minimum Gasteiger partial charge on any atom is -0.345 e. The quantitative estimate of drug-likeness (QED) is 0.798.